The summed E-state index contributed by atoms with van der Waals surface area (Å²) in [7, 11) is 0. The van der Waals surface area contributed by atoms with E-state index in [0.717, 1.165) is 0 Å². The highest BCUT2D eigenvalue weighted by atomic mass is 32.2. The Morgan fingerprint density at radius 3 is 3.09 bits per heavy atom. The molecule has 0 spiro atoms. The van der Waals surface area contributed by atoms with Crippen molar-refractivity contribution in [1.29, 1.82) is 0 Å². The maximum atomic E-state index is 8.68. The topological polar surface area (TPSA) is 74.7 Å². The first-order valence-electron chi connectivity index (χ1n) is 3.27. The first-order valence-corrected chi connectivity index (χ1v) is 4.32. The van der Waals surface area contributed by atoms with Crippen LogP contribution in [0.4, 0.5) is 0 Å². The van der Waals surface area contributed by atoms with Crippen LogP contribution >= 0.6 is 11.8 Å². The molecule has 62 valence electrons. The molecule has 11 heavy (non-hydrogen) atoms. The molecule has 0 amide bonds. The van der Waals surface area contributed by atoms with E-state index in [1.807, 2.05) is 6.92 Å². The first-order chi connectivity index (χ1) is 5.33. The number of aromatic amines is 1. The van der Waals surface area contributed by atoms with Crippen LogP contribution in [0, 0.1) is 0 Å². The van der Waals surface area contributed by atoms with Crippen LogP contribution in [-0.2, 0) is 5.75 Å². The summed E-state index contributed by atoms with van der Waals surface area (Å²) in [4.78, 5) is 0. The Bertz CT molecular complexity index is 190. The van der Waals surface area contributed by atoms with E-state index in [9.17, 15) is 0 Å². The zero-order valence-corrected chi connectivity index (χ0v) is 7.01. The first kappa shape index (κ1) is 8.48. The third kappa shape index (κ3) is 2.85. The molecular weight excluding hydrogens is 164 g/mol. The fourth-order valence-corrected chi connectivity index (χ4v) is 1.17. The van der Waals surface area contributed by atoms with Crippen LogP contribution < -0.4 is 0 Å². The number of nitrogens with one attached hydrogen (secondary N) is 1. The van der Waals surface area contributed by atoms with Crippen molar-refractivity contribution in [3.8, 4) is 0 Å². The van der Waals surface area contributed by atoms with Gasteiger partial charge in [0.25, 0.3) is 0 Å². The number of aliphatic hydroxyl groups excluding tert-OH is 1. The molecule has 1 atom stereocenters. The van der Waals surface area contributed by atoms with E-state index in [-0.39, 0.29) is 11.9 Å². The summed E-state index contributed by atoms with van der Waals surface area (Å²) in [5.41, 5.74) is 0. The molecule has 0 radical (unpaired) electrons. The van der Waals surface area contributed by atoms with Crippen LogP contribution in [0.5, 0.6) is 0 Å². The number of tetrazole rings is 1. The summed E-state index contributed by atoms with van der Waals surface area (Å²) >= 11 is 1.60. The maximum Gasteiger partial charge on any atom is 0.184 e. The van der Waals surface area contributed by atoms with Gasteiger partial charge >= 0.3 is 0 Å². The van der Waals surface area contributed by atoms with Gasteiger partial charge in [-0.3, -0.25) is 0 Å². The molecule has 1 unspecified atom stereocenters. The molecule has 0 aliphatic rings. The van der Waals surface area contributed by atoms with Crippen molar-refractivity contribution in [2.45, 2.75) is 17.9 Å². The van der Waals surface area contributed by atoms with Gasteiger partial charge in [0.1, 0.15) is 0 Å². The van der Waals surface area contributed by atoms with Gasteiger partial charge < -0.3 is 5.11 Å². The van der Waals surface area contributed by atoms with Crippen LogP contribution in [-0.4, -0.2) is 37.6 Å². The third-order valence-corrected chi connectivity index (χ3v) is 2.29. The molecule has 1 aromatic rings. The molecule has 2 N–H and O–H groups in total. The van der Waals surface area contributed by atoms with Gasteiger partial charge in [0.05, 0.1) is 12.4 Å². The minimum Gasteiger partial charge on any atom is -0.395 e. The number of thioether (sulfide) groups is 1. The number of hydrogen-bond acceptors (Lipinski definition) is 5. The van der Waals surface area contributed by atoms with Crippen molar-refractivity contribution in [3.05, 3.63) is 5.82 Å². The van der Waals surface area contributed by atoms with Gasteiger partial charge in [-0.1, -0.05) is 12.1 Å². The van der Waals surface area contributed by atoms with E-state index in [1.54, 1.807) is 11.8 Å². The van der Waals surface area contributed by atoms with E-state index in [4.69, 9.17) is 5.11 Å². The average Bonchev–Trinajstić information content (AvgIpc) is 2.52. The predicted molar refractivity (Wildman–Crippen MR) is 42.0 cm³/mol. The minimum absolute atomic E-state index is 0.183. The van der Waals surface area contributed by atoms with Gasteiger partial charge in [0.2, 0.25) is 0 Å². The van der Waals surface area contributed by atoms with E-state index < -0.39 is 0 Å². The highest BCUT2D eigenvalue weighted by Crippen LogP contribution is 2.13. The van der Waals surface area contributed by atoms with Crippen LogP contribution in [0.2, 0.25) is 0 Å². The summed E-state index contributed by atoms with van der Waals surface area (Å²) in [6.07, 6.45) is 0. The second-order valence-electron chi connectivity index (χ2n) is 2.13. The summed E-state index contributed by atoms with van der Waals surface area (Å²) in [5, 5.41) is 22.2. The molecule has 0 aliphatic carbocycles. The quantitative estimate of drug-likeness (QED) is 0.662. The highest BCUT2D eigenvalue weighted by Gasteiger charge is 2.03. The Balaban J connectivity index is 2.23. The number of aromatic nitrogens is 4. The molecule has 0 aromatic carbocycles. The third-order valence-electron chi connectivity index (χ3n) is 1.14. The van der Waals surface area contributed by atoms with Crippen LogP contribution in [0.25, 0.3) is 0 Å². The lowest BCUT2D eigenvalue weighted by atomic mass is 10.5. The van der Waals surface area contributed by atoms with E-state index in [1.165, 1.54) is 0 Å². The maximum absolute atomic E-state index is 8.68. The Morgan fingerprint density at radius 1 is 1.73 bits per heavy atom. The fraction of sp³-hybridized carbons (Fsp3) is 0.800. The van der Waals surface area contributed by atoms with E-state index in [0.29, 0.717) is 11.6 Å². The summed E-state index contributed by atoms with van der Waals surface area (Å²) in [6.45, 7) is 2.13. The molecule has 0 aliphatic heterocycles. The monoisotopic (exact) mass is 174 g/mol. The Morgan fingerprint density at radius 2 is 2.55 bits per heavy atom. The lowest BCUT2D eigenvalue weighted by molar-refractivity contribution is 0.300. The van der Waals surface area contributed by atoms with Crippen molar-refractivity contribution in [3.63, 3.8) is 0 Å². The largest absolute Gasteiger partial charge is 0.395 e. The molecule has 1 aromatic heterocycles. The average molecular weight is 174 g/mol. The lowest BCUT2D eigenvalue weighted by Gasteiger charge is -2.03. The van der Waals surface area contributed by atoms with Crippen molar-refractivity contribution in [1.82, 2.24) is 20.6 Å². The number of hydrogen-bond donors (Lipinski definition) is 2. The van der Waals surface area contributed by atoms with E-state index >= 15 is 0 Å². The molecule has 0 fully saturated rings. The van der Waals surface area contributed by atoms with Crippen LogP contribution in [0.3, 0.4) is 0 Å². The van der Waals surface area contributed by atoms with Crippen molar-refractivity contribution in [2.75, 3.05) is 6.61 Å². The van der Waals surface area contributed by atoms with Gasteiger partial charge in [0, 0.05) is 5.25 Å². The molecule has 1 rings (SSSR count). The Labute approximate surface area is 68.6 Å². The van der Waals surface area contributed by atoms with E-state index in [2.05, 4.69) is 20.6 Å². The van der Waals surface area contributed by atoms with Gasteiger partial charge in [0.15, 0.2) is 5.82 Å². The summed E-state index contributed by atoms with van der Waals surface area (Å²) in [5.74, 6) is 1.37. The molecule has 0 saturated heterocycles. The normalized spacial score (nSPS) is 13.3. The molecular formula is C5H10N4OS. The zero-order valence-electron chi connectivity index (χ0n) is 6.19. The Hall–Kier alpha value is -0.620. The van der Waals surface area contributed by atoms with Crippen LogP contribution in [0.1, 0.15) is 12.7 Å². The minimum atomic E-state index is 0.183. The fourth-order valence-electron chi connectivity index (χ4n) is 0.513. The van der Waals surface area contributed by atoms with Crippen molar-refractivity contribution in [2.24, 2.45) is 0 Å². The summed E-state index contributed by atoms with van der Waals surface area (Å²) in [6, 6.07) is 0. The van der Waals surface area contributed by atoms with Gasteiger partial charge in [-0.25, -0.2) is 0 Å². The molecule has 6 heteroatoms. The number of aliphatic hydroxyl groups is 1. The van der Waals surface area contributed by atoms with Gasteiger partial charge in [-0.2, -0.15) is 5.21 Å². The standard InChI is InChI=1S/C5H10N4OS/c1-4(2-10)11-3-5-6-8-9-7-5/h4,10H,2-3H2,1H3,(H,6,7,8,9). The molecule has 0 bridgehead atoms. The molecule has 1 heterocycles. The predicted octanol–water partition coefficient (Wildman–Crippen LogP) is -0.186. The van der Waals surface area contributed by atoms with Crippen molar-refractivity contribution < 1.29 is 5.11 Å². The second-order valence-corrected chi connectivity index (χ2v) is 3.56. The number of nitrogens with zero attached hydrogens (tertiary/aromatic N) is 3. The zero-order chi connectivity index (χ0) is 8.10. The van der Waals surface area contributed by atoms with Gasteiger partial charge in [-0.15, -0.1) is 22.0 Å². The Kier molecular flexibility index (Phi) is 3.31. The molecule has 5 nitrogen and oxygen atoms in total. The summed E-state index contributed by atoms with van der Waals surface area (Å²) < 4.78 is 0. The number of H-pyrrole nitrogens is 1. The van der Waals surface area contributed by atoms with Crippen LogP contribution in [0.15, 0.2) is 0 Å². The molecule has 0 saturated carbocycles. The SMILES string of the molecule is CC(CO)SCc1nn[nH]n1. The highest BCUT2D eigenvalue weighted by molar-refractivity contribution is 7.99. The number of rotatable bonds is 4. The smallest absolute Gasteiger partial charge is 0.184 e. The lowest BCUT2D eigenvalue weighted by Crippen LogP contribution is -2.02. The van der Waals surface area contributed by atoms with Crippen molar-refractivity contribution >= 4 is 11.8 Å². The van der Waals surface area contributed by atoms with Gasteiger partial charge in [-0.05, 0) is 0 Å². The second kappa shape index (κ2) is 4.30.